The SMILES string of the molecule is COCCCNC(=S)Nc1ccc(S(=O)(=O)Nc2ccc(OC)cc2)cc1. The Morgan fingerprint density at radius 2 is 1.63 bits per heavy atom. The smallest absolute Gasteiger partial charge is 0.261 e. The Balaban J connectivity index is 1.95. The normalized spacial score (nSPS) is 10.9. The average molecular weight is 410 g/mol. The third kappa shape index (κ3) is 6.70. The van der Waals surface area contributed by atoms with Crippen molar-refractivity contribution in [2.45, 2.75) is 11.3 Å². The van der Waals surface area contributed by atoms with E-state index in [1.54, 1.807) is 50.6 Å². The number of thiocarbonyl (C=S) groups is 1. The first kappa shape index (κ1) is 20.9. The zero-order valence-corrected chi connectivity index (χ0v) is 16.8. The van der Waals surface area contributed by atoms with Gasteiger partial charge in [-0.05, 0) is 67.2 Å². The molecule has 9 heteroatoms. The molecule has 0 fully saturated rings. The third-order valence-corrected chi connectivity index (χ3v) is 5.22. The predicted molar refractivity (Wildman–Crippen MR) is 111 cm³/mol. The van der Waals surface area contributed by atoms with Crippen LogP contribution in [0.3, 0.4) is 0 Å². The Bertz CT molecular complexity index is 838. The lowest BCUT2D eigenvalue weighted by Crippen LogP contribution is -2.29. The van der Waals surface area contributed by atoms with E-state index in [9.17, 15) is 8.42 Å². The summed E-state index contributed by atoms with van der Waals surface area (Å²) in [6.45, 7) is 1.35. The molecule has 2 rings (SSSR count). The summed E-state index contributed by atoms with van der Waals surface area (Å²) in [7, 11) is -0.480. The zero-order valence-electron chi connectivity index (χ0n) is 15.2. The third-order valence-electron chi connectivity index (χ3n) is 3.58. The van der Waals surface area contributed by atoms with Gasteiger partial charge in [0.15, 0.2) is 5.11 Å². The monoisotopic (exact) mass is 409 g/mol. The molecule has 0 spiro atoms. The van der Waals surface area contributed by atoms with Crippen LogP contribution in [0.25, 0.3) is 0 Å². The lowest BCUT2D eigenvalue weighted by molar-refractivity contribution is 0.196. The van der Waals surface area contributed by atoms with Gasteiger partial charge in [0.05, 0.1) is 12.0 Å². The standard InChI is InChI=1S/C18H23N3O4S2/c1-24-13-3-12-19-18(26)20-14-6-10-17(11-7-14)27(22,23)21-15-4-8-16(25-2)9-5-15/h4-11,21H,3,12-13H2,1-2H3,(H2,19,20,26). The molecule has 2 aromatic rings. The molecule has 2 aromatic carbocycles. The molecule has 0 heterocycles. The highest BCUT2D eigenvalue weighted by Crippen LogP contribution is 2.20. The van der Waals surface area contributed by atoms with E-state index in [0.717, 1.165) is 6.42 Å². The van der Waals surface area contributed by atoms with Crippen LogP contribution in [0.5, 0.6) is 5.75 Å². The van der Waals surface area contributed by atoms with Crippen molar-refractivity contribution in [2.24, 2.45) is 0 Å². The van der Waals surface area contributed by atoms with E-state index in [-0.39, 0.29) is 4.90 Å². The van der Waals surface area contributed by atoms with E-state index < -0.39 is 10.0 Å². The van der Waals surface area contributed by atoms with E-state index in [4.69, 9.17) is 21.7 Å². The summed E-state index contributed by atoms with van der Waals surface area (Å²) in [6.07, 6.45) is 0.840. The maximum absolute atomic E-state index is 12.5. The van der Waals surface area contributed by atoms with Gasteiger partial charge < -0.3 is 20.1 Å². The highest BCUT2D eigenvalue weighted by molar-refractivity contribution is 7.92. The topological polar surface area (TPSA) is 88.7 Å². The largest absolute Gasteiger partial charge is 0.497 e. The number of benzene rings is 2. The molecule has 146 valence electrons. The first-order valence-electron chi connectivity index (χ1n) is 8.25. The van der Waals surface area contributed by atoms with Crippen LogP contribution in [0.2, 0.25) is 0 Å². The van der Waals surface area contributed by atoms with Crippen LogP contribution < -0.4 is 20.1 Å². The van der Waals surface area contributed by atoms with Crippen LogP contribution in [0.15, 0.2) is 53.4 Å². The molecule has 0 unspecified atom stereocenters. The number of rotatable bonds is 9. The van der Waals surface area contributed by atoms with E-state index in [1.165, 1.54) is 12.1 Å². The number of sulfonamides is 1. The zero-order chi connectivity index (χ0) is 19.7. The quantitative estimate of drug-likeness (QED) is 0.433. The predicted octanol–water partition coefficient (Wildman–Crippen LogP) is 2.82. The number of methoxy groups -OCH3 is 2. The van der Waals surface area contributed by atoms with Crippen LogP contribution in [-0.4, -0.2) is 40.9 Å². The van der Waals surface area contributed by atoms with E-state index in [1.807, 2.05) is 0 Å². The minimum atomic E-state index is -3.68. The second-order valence-electron chi connectivity index (χ2n) is 5.59. The van der Waals surface area contributed by atoms with Gasteiger partial charge in [-0.1, -0.05) is 0 Å². The lowest BCUT2D eigenvalue weighted by atomic mass is 10.3. The van der Waals surface area contributed by atoms with Gasteiger partial charge >= 0.3 is 0 Å². The molecule has 7 nitrogen and oxygen atoms in total. The van der Waals surface area contributed by atoms with Gasteiger partial charge in [0, 0.05) is 31.6 Å². The van der Waals surface area contributed by atoms with Crippen LogP contribution >= 0.6 is 12.2 Å². The van der Waals surface area contributed by atoms with Gasteiger partial charge in [0.1, 0.15) is 5.75 Å². The molecule has 3 N–H and O–H groups in total. The van der Waals surface area contributed by atoms with Gasteiger partial charge in [-0.2, -0.15) is 0 Å². The summed E-state index contributed by atoms with van der Waals surface area (Å²) in [5, 5.41) is 6.53. The summed E-state index contributed by atoms with van der Waals surface area (Å²) < 4.78 is 37.5. The maximum Gasteiger partial charge on any atom is 0.261 e. The molecule has 0 atom stereocenters. The Morgan fingerprint density at radius 1 is 1.00 bits per heavy atom. The van der Waals surface area contributed by atoms with Gasteiger partial charge in [-0.25, -0.2) is 8.42 Å². The second kappa shape index (κ2) is 10.1. The van der Waals surface area contributed by atoms with Crippen molar-refractivity contribution >= 4 is 38.7 Å². The minimum absolute atomic E-state index is 0.155. The fourth-order valence-electron chi connectivity index (χ4n) is 2.18. The van der Waals surface area contributed by atoms with E-state index in [2.05, 4.69) is 15.4 Å². The number of ether oxygens (including phenoxy) is 2. The second-order valence-corrected chi connectivity index (χ2v) is 7.68. The molecule has 0 aliphatic carbocycles. The van der Waals surface area contributed by atoms with Crippen LogP contribution in [0, 0.1) is 0 Å². The van der Waals surface area contributed by atoms with Crippen molar-refractivity contribution in [2.75, 3.05) is 37.4 Å². The fourth-order valence-corrected chi connectivity index (χ4v) is 3.46. The highest BCUT2D eigenvalue weighted by Gasteiger charge is 2.14. The molecule has 27 heavy (non-hydrogen) atoms. The Labute approximate surface area is 165 Å². The summed E-state index contributed by atoms with van der Waals surface area (Å²) in [5.41, 5.74) is 1.15. The Kier molecular flexibility index (Phi) is 7.83. The summed E-state index contributed by atoms with van der Waals surface area (Å²) in [6, 6.07) is 13.0. The van der Waals surface area contributed by atoms with E-state index >= 15 is 0 Å². The molecule has 0 radical (unpaired) electrons. The number of anilines is 2. The molecule has 0 saturated carbocycles. The van der Waals surface area contributed by atoms with Crippen LogP contribution in [0.1, 0.15) is 6.42 Å². The molecule has 0 amide bonds. The molecule has 0 saturated heterocycles. The van der Waals surface area contributed by atoms with Gasteiger partial charge in [0.2, 0.25) is 0 Å². The number of nitrogens with one attached hydrogen (secondary N) is 3. The number of hydrogen-bond donors (Lipinski definition) is 3. The minimum Gasteiger partial charge on any atom is -0.497 e. The van der Waals surface area contributed by atoms with Crippen molar-refractivity contribution in [1.82, 2.24) is 5.32 Å². The van der Waals surface area contributed by atoms with Crippen molar-refractivity contribution in [3.8, 4) is 5.75 Å². The summed E-state index contributed by atoms with van der Waals surface area (Å²) in [4.78, 5) is 0.155. The van der Waals surface area contributed by atoms with Crippen molar-refractivity contribution in [3.05, 3.63) is 48.5 Å². The first-order chi connectivity index (χ1) is 12.9. The number of hydrogen-bond acceptors (Lipinski definition) is 5. The molecular weight excluding hydrogens is 386 g/mol. The van der Waals surface area contributed by atoms with Crippen molar-refractivity contribution < 1.29 is 17.9 Å². The molecule has 0 aliphatic rings. The van der Waals surface area contributed by atoms with Crippen molar-refractivity contribution in [1.29, 1.82) is 0 Å². The van der Waals surface area contributed by atoms with Gasteiger partial charge in [-0.3, -0.25) is 4.72 Å². The Morgan fingerprint density at radius 3 is 2.22 bits per heavy atom. The fraction of sp³-hybridized carbons (Fsp3) is 0.278. The van der Waals surface area contributed by atoms with E-state index in [0.29, 0.717) is 35.4 Å². The molecule has 0 aliphatic heterocycles. The highest BCUT2D eigenvalue weighted by atomic mass is 32.2. The average Bonchev–Trinajstić information content (AvgIpc) is 2.66. The van der Waals surface area contributed by atoms with Gasteiger partial charge in [0.25, 0.3) is 10.0 Å². The summed E-state index contributed by atoms with van der Waals surface area (Å²) in [5.74, 6) is 0.653. The Hall–Kier alpha value is -2.36. The maximum atomic E-state index is 12.5. The van der Waals surface area contributed by atoms with Crippen molar-refractivity contribution in [3.63, 3.8) is 0 Å². The molecule has 0 bridgehead atoms. The van der Waals surface area contributed by atoms with Gasteiger partial charge in [-0.15, -0.1) is 0 Å². The van der Waals surface area contributed by atoms with Crippen LogP contribution in [0.4, 0.5) is 11.4 Å². The summed E-state index contributed by atoms with van der Waals surface area (Å²) >= 11 is 5.20. The molecular formula is C18H23N3O4S2. The first-order valence-corrected chi connectivity index (χ1v) is 10.1. The van der Waals surface area contributed by atoms with Crippen LogP contribution in [-0.2, 0) is 14.8 Å². The molecule has 0 aromatic heterocycles. The lowest BCUT2D eigenvalue weighted by Gasteiger charge is -2.12.